The van der Waals surface area contributed by atoms with E-state index in [1.807, 2.05) is 23.6 Å². The van der Waals surface area contributed by atoms with Crippen LogP contribution in [-0.4, -0.2) is 20.5 Å². The minimum Gasteiger partial charge on any atom is -0.290 e. The van der Waals surface area contributed by atoms with Crippen molar-refractivity contribution in [2.45, 2.75) is 0 Å². The standard InChI is InChI=1S/C19H11Cl3N4OS/c20-12-3-1-2-11(8-12)4-7-17(27)23-18-24-19-26(25-18)16(10-28-19)14-6-5-13(21)9-15(14)22/h1-10H,(H,23,25,27)/b7-4+. The first-order valence-electron chi connectivity index (χ1n) is 8.04. The van der Waals surface area contributed by atoms with E-state index in [1.54, 1.807) is 34.9 Å². The largest absolute Gasteiger partial charge is 0.290 e. The van der Waals surface area contributed by atoms with Crippen LogP contribution in [0.15, 0.2) is 53.9 Å². The molecule has 1 amide bonds. The van der Waals surface area contributed by atoms with Crippen LogP contribution in [0.4, 0.5) is 5.95 Å². The van der Waals surface area contributed by atoms with Crippen molar-refractivity contribution in [1.82, 2.24) is 14.6 Å². The highest BCUT2D eigenvalue weighted by atomic mass is 35.5. The summed E-state index contributed by atoms with van der Waals surface area (Å²) < 4.78 is 1.64. The number of carbonyl (C=O) groups excluding carboxylic acids is 1. The summed E-state index contributed by atoms with van der Waals surface area (Å²) in [4.78, 5) is 17.1. The van der Waals surface area contributed by atoms with Crippen LogP contribution >= 0.6 is 46.1 Å². The molecule has 2 aromatic heterocycles. The van der Waals surface area contributed by atoms with Crippen molar-refractivity contribution in [3.63, 3.8) is 0 Å². The number of thiazole rings is 1. The molecule has 0 aliphatic heterocycles. The van der Waals surface area contributed by atoms with Crippen molar-refractivity contribution < 1.29 is 4.79 Å². The molecule has 9 heteroatoms. The van der Waals surface area contributed by atoms with Gasteiger partial charge >= 0.3 is 0 Å². The lowest BCUT2D eigenvalue weighted by Crippen LogP contribution is -2.09. The Morgan fingerprint density at radius 3 is 2.71 bits per heavy atom. The molecule has 1 N–H and O–H groups in total. The van der Waals surface area contributed by atoms with E-state index in [4.69, 9.17) is 34.8 Å². The van der Waals surface area contributed by atoms with Crippen LogP contribution in [0.5, 0.6) is 0 Å². The summed E-state index contributed by atoms with van der Waals surface area (Å²) in [6, 6.07) is 12.4. The molecule has 4 aromatic rings. The average Bonchev–Trinajstić information content (AvgIpc) is 3.21. The lowest BCUT2D eigenvalue weighted by atomic mass is 10.2. The minimum atomic E-state index is -0.343. The molecule has 0 saturated heterocycles. The Morgan fingerprint density at radius 1 is 1.11 bits per heavy atom. The highest BCUT2D eigenvalue weighted by Gasteiger charge is 2.14. The Hall–Kier alpha value is -2.38. The summed E-state index contributed by atoms with van der Waals surface area (Å²) in [7, 11) is 0. The summed E-state index contributed by atoms with van der Waals surface area (Å²) in [6.07, 6.45) is 3.07. The third-order valence-corrected chi connectivity index (χ3v) is 5.40. The second kappa shape index (κ2) is 7.93. The number of amides is 1. The smallest absolute Gasteiger partial charge is 0.250 e. The van der Waals surface area contributed by atoms with Gasteiger partial charge in [-0.15, -0.1) is 16.4 Å². The van der Waals surface area contributed by atoms with E-state index in [0.717, 1.165) is 16.8 Å². The van der Waals surface area contributed by atoms with Gasteiger partial charge in [-0.05, 0) is 42.0 Å². The molecule has 5 nitrogen and oxygen atoms in total. The van der Waals surface area contributed by atoms with Gasteiger partial charge in [-0.2, -0.15) is 4.98 Å². The van der Waals surface area contributed by atoms with Crippen LogP contribution in [0.1, 0.15) is 5.56 Å². The second-order valence-corrected chi connectivity index (χ2v) is 7.87. The lowest BCUT2D eigenvalue weighted by molar-refractivity contribution is -0.111. The average molecular weight is 450 g/mol. The molecule has 28 heavy (non-hydrogen) atoms. The third kappa shape index (κ3) is 4.05. The number of aromatic nitrogens is 3. The lowest BCUT2D eigenvalue weighted by Gasteiger charge is -2.02. The molecule has 0 saturated carbocycles. The number of rotatable bonds is 4. The first-order valence-corrected chi connectivity index (χ1v) is 10.1. The fourth-order valence-corrected chi connectivity index (χ4v) is 4.08. The van der Waals surface area contributed by atoms with Gasteiger partial charge in [0.25, 0.3) is 11.9 Å². The van der Waals surface area contributed by atoms with Gasteiger partial charge in [0.1, 0.15) is 0 Å². The van der Waals surface area contributed by atoms with Crippen molar-refractivity contribution in [2.75, 3.05) is 5.32 Å². The normalized spacial score (nSPS) is 11.4. The van der Waals surface area contributed by atoms with Gasteiger partial charge in [0.05, 0.1) is 10.7 Å². The molecule has 0 spiro atoms. The molecule has 0 bridgehead atoms. The molecule has 0 fully saturated rings. The molecule has 2 aromatic carbocycles. The van der Waals surface area contributed by atoms with Crippen molar-refractivity contribution in [1.29, 1.82) is 0 Å². The van der Waals surface area contributed by atoms with E-state index in [9.17, 15) is 4.79 Å². The summed E-state index contributed by atoms with van der Waals surface area (Å²) >= 11 is 19.6. The Bertz CT molecular complexity index is 1220. The molecule has 0 aliphatic rings. The predicted octanol–water partition coefficient (Wildman–Crippen LogP) is 6.07. The topological polar surface area (TPSA) is 59.3 Å². The highest BCUT2D eigenvalue weighted by molar-refractivity contribution is 7.15. The van der Waals surface area contributed by atoms with Crippen LogP contribution in [0.2, 0.25) is 15.1 Å². The first kappa shape index (κ1) is 19.0. The number of nitrogens with zero attached hydrogens (tertiary/aromatic N) is 3. The summed E-state index contributed by atoms with van der Waals surface area (Å²) in [5.41, 5.74) is 2.37. The minimum absolute atomic E-state index is 0.207. The van der Waals surface area contributed by atoms with Crippen LogP contribution in [0.25, 0.3) is 22.3 Å². The number of anilines is 1. The Labute approximate surface area is 179 Å². The van der Waals surface area contributed by atoms with E-state index in [-0.39, 0.29) is 11.9 Å². The van der Waals surface area contributed by atoms with Gasteiger partial charge < -0.3 is 0 Å². The van der Waals surface area contributed by atoms with E-state index in [2.05, 4.69) is 15.4 Å². The van der Waals surface area contributed by atoms with E-state index in [0.29, 0.717) is 20.0 Å². The highest BCUT2D eigenvalue weighted by Crippen LogP contribution is 2.33. The number of fused-ring (bicyclic) bond motifs is 1. The number of halogens is 3. The van der Waals surface area contributed by atoms with Crippen molar-refractivity contribution in [2.24, 2.45) is 0 Å². The van der Waals surface area contributed by atoms with Crippen molar-refractivity contribution in [3.05, 3.63) is 74.6 Å². The quantitative estimate of drug-likeness (QED) is 0.385. The van der Waals surface area contributed by atoms with Gasteiger partial charge in [0, 0.05) is 27.1 Å². The number of hydrogen-bond donors (Lipinski definition) is 1. The van der Waals surface area contributed by atoms with Gasteiger partial charge in [-0.3, -0.25) is 10.1 Å². The number of carbonyl (C=O) groups is 1. The van der Waals surface area contributed by atoms with Gasteiger partial charge in [-0.25, -0.2) is 4.52 Å². The maximum Gasteiger partial charge on any atom is 0.250 e. The maximum atomic E-state index is 12.2. The van der Waals surface area contributed by atoms with Crippen LogP contribution in [-0.2, 0) is 4.79 Å². The molecule has 0 radical (unpaired) electrons. The molecule has 0 aliphatic carbocycles. The van der Waals surface area contributed by atoms with Crippen molar-refractivity contribution in [3.8, 4) is 11.3 Å². The molecular formula is C19H11Cl3N4OS. The third-order valence-electron chi connectivity index (χ3n) is 3.80. The van der Waals surface area contributed by atoms with Gasteiger partial charge in [-0.1, -0.05) is 46.9 Å². The van der Waals surface area contributed by atoms with Gasteiger partial charge in [0.15, 0.2) is 0 Å². The summed E-state index contributed by atoms with van der Waals surface area (Å²) in [6.45, 7) is 0. The summed E-state index contributed by atoms with van der Waals surface area (Å²) in [5.74, 6) is -0.136. The van der Waals surface area contributed by atoms with Crippen LogP contribution in [0, 0.1) is 0 Å². The predicted molar refractivity (Wildman–Crippen MR) is 115 cm³/mol. The Morgan fingerprint density at radius 2 is 1.93 bits per heavy atom. The molecule has 4 rings (SSSR count). The molecule has 0 atom stereocenters. The Balaban J connectivity index is 1.55. The molecule has 0 unspecified atom stereocenters. The SMILES string of the molecule is O=C(/C=C/c1cccc(Cl)c1)Nc1nc2scc(-c3ccc(Cl)cc3Cl)n2n1. The monoisotopic (exact) mass is 448 g/mol. The van der Waals surface area contributed by atoms with Crippen LogP contribution < -0.4 is 5.32 Å². The fraction of sp³-hybridized carbons (Fsp3) is 0. The fourth-order valence-electron chi connectivity index (χ4n) is 2.55. The number of benzene rings is 2. The maximum absolute atomic E-state index is 12.2. The second-order valence-electron chi connectivity index (χ2n) is 5.75. The molecular weight excluding hydrogens is 439 g/mol. The number of nitrogens with one attached hydrogen (secondary N) is 1. The van der Waals surface area contributed by atoms with E-state index in [1.165, 1.54) is 17.4 Å². The summed E-state index contributed by atoms with van der Waals surface area (Å²) in [5, 5.41) is 10.6. The van der Waals surface area contributed by atoms with Crippen molar-refractivity contribution >= 4 is 69.0 Å². The van der Waals surface area contributed by atoms with Crippen LogP contribution in [0.3, 0.4) is 0 Å². The van der Waals surface area contributed by atoms with E-state index < -0.39 is 0 Å². The molecule has 140 valence electrons. The zero-order valence-electron chi connectivity index (χ0n) is 14.1. The van der Waals surface area contributed by atoms with Gasteiger partial charge in [0.2, 0.25) is 4.96 Å². The zero-order valence-corrected chi connectivity index (χ0v) is 17.1. The Kier molecular flexibility index (Phi) is 5.37. The number of hydrogen-bond acceptors (Lipinski definition) is 4. The molecule has 2 heterocycles. The first-order chi connectivity index (χ1) is 13.5. The zero-order chi connectivity index (χ0) is 19.7. The van der Waals surface area contributed by atoms with E-state index >= 15 is 0 Å².